The number of hydrogen-bond acceptors (Lipinski definition) is 4. The Balaban J connectivity index is 0.00000300. The molecule has 2 saturated carbocycles. The van der Waals surface area contributed by atoms with Gasteiger partial charge in [0.1, 0.15) is 0 Å². The summed E-state index contributed by atoms with van der Waals surface area (Å²) in [6, 6.07) is 0.787. The molecule has 0 aromatic carbocycles. The molecular formula is C21H39IN4O3. The zero-order chi connectivity index (χ0) is 20.0. The second-order valence-corrected chi connectivity index (χ2v) is 8.24. The minimum Gasteiger partial charge on any atom is -0.450 e. The van der Waals surface area contributed by atoms with Crippen molar-refractivity contribution >= 4 is 36.0 Å². The predicted molar refractivity (Wildman–Crippen MR) is 126 cm³/mol. The van der Waals surface area contributed by atoms with E-state index >= 15 is 0 Å². The van der Waals surface area contributed by atoms with Crippen LogP contribution in [0.5, 0.6) is 0 Å². The number of carbonyl (C=O) groups is 1. The molecule has 0 aromatic rings. The number of guanidine groups is 1. The van der Waals surface area contributed by atoms with Crippen molar-refractivity contribution in [1.82, 2.24) is 15.5 Å². The number of piperidine rings is 1. The second kappa shape index (κ2) is 11.6. The minimum absolute atomic E-state index is 0. The van der Waals surface area contributed by atoms with Crippen molar-refractivity contribution in [3.05, 3.63) is 0 Å². The lowest BCUT2D eigenvalue weighted by Crippen LogP contribution is -2.65. The van der Waals surface area contributed by atoms with Gasteiger partial charge in [0.15, 0.2) is 5.96 Å². The summed E-state index contributed by atoms with van der Waals surface area (Å²) in [7, 11) is 0. The van der Waals surface area contributed by atoms with Crippen LogP contribution in [0.1, 0.15) is 65.7 Å². The Morgan fingerprint density at radius 3 is 2.38 bits per heavy atom. The highest BCUT2D eigenvalue weighted by Gasteiger charge is 2.57. The van der Waals surface area contributed by atoms with Crippen molar-refractivity contribution in [1.29, 1.82) is 0 Å². The molecule has 1 spiro atoms. The van der Waals surface area contributed by atoms with Crippen LogP contribution >= 0.6 is 24.0 Å². The SMILES string of the molecule is CCN=C(NC1CCN(C(=O)OCC)CC1)NC1CC(OCC)C12CCCC2.I. The zero-order valence-corrected chi connectivity index (χ0v) is 20.6. The molecule has 2 aliphatic carbocycles. The molecule has 1 heterocycles. The molecule has 2 N–H and O–H groups in total. The lowest BCUT2D eigenvalue weighted by Gasteiger charge is -2.54. The molecule has 29 heavy (non-hydrogen) atoms. The third kappa shape index (κ3) is 5.68. The fourth-order valence-corrected chi connectivity index (χ4v) is 5.16. The molecule has 8 heteroatoms. The number of hydrogen-bond donors (Lipinski definition) is 2. The fourth-order valence-electron chi connectivity index (χ4n) is 5.16. The van der Waals surface area contributed by atoms with Crippen LogP contribution in [-0.2, 0) is 9.47 Å². The van der Waals surface area contributed by atoms with Crippen molar-refractivity contribution in [2.24, 2.45) is 10.4 Å². The Kier molecular flexibility index (Phi) is 9.78. The van der Waals surface area contributed by atoms with Crippen LogP contribution in [-0.4, -0.2) is 68.0 Å². The standard InChI is InChI=1S/C21H38N4O3.HI/c1-4-22-19(23-16-9-13-25(14-10-16)20(26)28-6-3)24-17-15-18(27-5-2)21(17)11-7-8-12-21;/h16-18H,4-15H2,1-3H3,(H2,22,23,24);1H. The average Bonchev–Trinajstić information content (AvgIpc) is 3.21. The fraction of sp³-hybridized carbons (Fsp3) is 0.905. The first-order valence-corrected chi connectivity index (χ1v) is 11.2. The Morgan fingerprint density at radius 1 is 1.10 bits per heavy atom. The van der Waals surface area contributed by atoms with Crippen LogP contribution in [0, 0.1) is 5.41 Å². The summed E-state index contributed by atoms with van der Waals surface area (Å²) < 4.78 is 11.2. The number of likely N-dealkylation sites (tertiary alicyclic amines) is 1. The molecule has 3 aliphatic rings. The van der Waals surface area contributed by atoms with Gasteiger partial charge >= 0.3 is 6.09 Å². The highest BCUT2D eigenvalue weighted by molar-refractivity contribution is 14.0. The quantitative estimate of drug-likeness (QED) is 0.317. The predicted octanol–water partition coefficient (Wildman–Crippen LogP) is 3.52. The minimum atomic E-state index is -0.193. The van der Waals surface area contributed by atoms with Gasteiger partial charge in [-0.1, -0.05) is 12.8 Å². The summed E-state index contributed by atoms with van der Waals surface area (Å²) in [6.07, 6.45) is 8.23. The van der Waals surface area contributed by atoms with E-state index in [9.17, 15) is 4.79 Å². The van der Waals surface area contributed by atoms with E-state index in [4.69, 9.17) is 14.5 Å². The van der Waals surface area contributed by atoms with Gasteiger partial charge in [0.25, 0.3) is 0 Å². The van der Waals surface area contributed by atoms with Crippen molar-refractivity contribution in [3.63, 3.8) is 0 Å². The largest absolute Gasteiger partial charge is 0.450 e. The van der Waals surface area contributed by atoms with Gasteiger partial charge in [0.2, 0.25) is 0 Å². The number of amides is 1. The topological polar surface area (TPSA) is 75.2 Å². The zero-order valence-electron chi connectivity index (χ0n) is 18.2. The molecule has 168 valence electrons. The summed E-state index contributed by atoms with van der Waals surface area (Å²) in [5.74, 6) is 0.920. The number of nitrogens with zero attached hydrogens (tertiary/aromatic N) is 2. The van der Waals surface area contributed by atoms with Gasteiger partial charge in [-0.15, -0.1) is 24.0 Å². The molecule has 7 nitrogen and oxygen atoms in total. The van der Waals surface area contributed by atoms with Crippen molar-refractivity contribution in [2.45, 2.75) is 83.9 Å². The van der Waals surface area contributed by atoms with Crippen molar-refractivity contribution in [3.8, 4) is 0 Å². The lowest BCUT2D eigenvalue weighted by atomic mass is 9.60. The third-order valence-electron chi connectivity index (χ3n) is 6.68. The summed E-state index contributed by atoms with van der Waals surface area (Å²) in [6.45, 7) is 9.46. The highest BCUT2D eigenvalue weighted by atomic mass is 127. The van der Waals surface area contributed by atoms with Gasteiger partial charge in [-0.2, -0.15) is 0 Å². The first-order chi connectivity index (χ1) is 13.6. The Hall–Kier alpha value is -0.770. The highest BCUT2D eigenvalue weighted by Crippen LogP contribution is 2.54. The van der Waals surface area contributed by atoms with E-state index in [0.29, 0.717) is 30.2 Å². The molecule has 0 aromatic heterocycles. The average molecular weight is 522 g/mol. The second-order valence-electron chi connectivity index (χ2n) is 8.24. The third-order valence-corrected chi connectivity index (χ3v) is 6.68. The van der Waals surface area contributed by atoms with E-state index in [-0.39, 0.29) is 30.1 Å². The smallest absolute Gasteiger partial charge is 0.409 e. The summed E-state index contributed by atoms with van der Waals surface area (Å²) >= 11 is 0. The van der Waals surface area contributed by atoms with Crippen LogP contribution in [0.3, 0.4) is 0 Å². The van der Waals surface area contributed by atoms with Gasteiger partial charge in [0.05, 0.1) is 12.7 Å². The number of nitrogens with one attached hydrogen (secondary N) is 2. The summed E-state index contributed by atoms with van der Waals surface area (Å²) in [4.78, 5) is 18.4. The molecule has 3 fully saturated rings. The first-order valence-electron chi connectivity index (χ1n) is 11.2. The molecule has 2 unspecified atom stereocenters. The molecular weight excluding hydrogens is 483 g/mol. The van der Waals surface area contributed by atoms with Crippen LogP contribution in [0.2, 0.25) is 0 Å². The number of halogens is 1. The maximum atomic E-state index is 11.9. The molecule has 0 radical (unpaired) electrons. The number of aliphatic imine (C=N–C) groups is 1. The molecule has 2 atom stereocenters. The van der Waals surface area contributed by atoms with E-state index < -0.39 is 0 Å². The molecule has 0 bridgehead atoms. The van der Waals surface area contributed by atoms with Gasteiger partial charge in [0, 0.05) is 43.7 Å². The van der Waals surface area contributed by atoms with Crippen molar-refractivity contribution in [2.75, 3.05) is 32.8 Å². The first kappa shape index (κ1) is 24.5. The molecule has 1 aliphatic heterocycles. The number of ether oxygens (including phenoxy) is 2. The van der Waals surface area contributed by atoms with Crippen molar-refractivity contribution < 1.29 is 14.3 Å². The molecule has 3 rings (SSSR count). The van der Waals surface area contributed by atoms with Gasteiger partial charge in [-0.25, -0.2) is 4.79 Å². The van der Waals surface area contributed by atoms with E-state index in [1.807, 2.05) is 6.92 Å². The van der Waals surface area contributed by atoms with Crippen LogP contribution < -0.4 is 10.6 Å². The van der Waals surface area contributed by atoms with E-state index in [1.165, 1.54) is 25.7 Å². The van der Waals surface area contributed by atoms with Crippen LogP contribution in [0.15, 0.2) is 4.99 Å². The summed E-state index contributed by atoms with van der Waals surface area (Å²) in [5, 5.41) is 7.35. The van der Waals surface area contributed by atoms with Gasteiger partial charge < -0.3 is 25.0 Å². The maximum absolute atomic E-state index is 11.9. The van der Waals surface area contributed by atoms with E-state index in [1.54, 1.807) is 4.90 Å². The Labute approximate surface area is 192 Å². The normalized spacial score (nSPS) is 26.6. The lowest BCUT2D eigenvalue weighted by molar-refractivity contribution is -0.125. The van der Waals surface area contributed by atoms with Crippen LogP contribution in [0.25, 0.3) is 0 Å². The van der Waals surface area contributed by atoms with Crippen LogP contribution in [0.4, 0.5) is 4.79 Å². The monoisotopic (exact) mass is 522 g/mol. The maximum Gasteiger partial charge on any atom is 0.409 e. The Bertz CT molecular complexity index is 546. The van der Waals surface area contributed by atoms with E-state index in [2.05, 4.69) is 24.5 Å². The molecule has 1 saturated heterocycles. The number of rotatable bonds is 6. The van der Waals surface area contributed by atoms with Gasteiger partial charge in [-0.3, -0.25) is 4.99 Å². The summed E-state index contributed by atoms with van der Waals surface area (Å²) in [5.41, 5.74) is 0.291. The van der Waals surface area contributed by atoms with E-state index in [0.717, 1.165) is 51.5 Å². The van der Waals surface area contributed by atoms with Gasteiger partial charge in [-0.05, 0) is 52.9 Å². The Morgan fingerprint density at radius 2 is 1.79 bits per heavy atom. The number of carbonyl (C=O) groups excluding carboxylic acids is 1. The molecule has 1 amide bonds.